The second-order valence-corrected chi connectivity index (χ2v) is 18.1. The van der Waals surface area contributed by atoms with Crippen molar-refractivity contribution in [3.8, 4) is 22.3 Å². The van der Waals surface area contributed by atoms with Gasteiger partial charge >= 0.3 is 0 Å². The van der Waals surface area contributed by atoms with Gasteiger partial charge in [-0.15, -0.1) is 0 Å². The molecule has 0 spiro atoms. The molecule has 0 aliphatic heterocycles. The van der Waals surface area contributed by atoms with Crippen molar-refractivity contribution in [3.05, 3.63) is 278 Å². The summed E-state index contributed by atoms with van der Waals surface area (Å²) in [5.41, 5.74) is 11.4. The van der Waals surface area contributed by atoms with Crippen molar-refractivity contribution >= 4 is 61.0 Å². The molecule has 0 heterocycles. The Hall–Kier alpha value is -8.33. The lowest BCUT2D eigenvalue weighted by Crippen LogP contribution is -2.31. The van der Waals surface area contributed by atoms with E-state index in [1.165, 1.54) is 0 Å². The van der Waals surface area contributed by atoms with Crippen molar-refractivity contribution in [1.29, 1.82) is 0 Å². The molecule has 0 aromatic heterocycles. The van der Waals surface area contributed by atoms with Crippen LogP contribution in [0, 0.1) is 5.21 Å². The van der Waals surface area contributed by atoms with E-state index in [1.54, 1.807) is 42.5 Å². The van der Waals surface area contributed by atoms with Gasteiger partial charge in [0, 0.05) is 70.5 Å². The van der Waals surface area contributed by atoms with Crippen LogP contribution in [0.25, 0.3) is 22.3 Å². The van der Waals surface area contributed by atoms with Gasteiger partial charge in [0.25, 0.3) is 0 Å². The molecule has 10 aromatic rings. The normalized spacial score (nSPS) is 11.5. The van der Waals surface area contributed by atoms with Gasteiger partial charge in [-0.25, -0.2) is 8.42 Å². The SMILES string of the molecule is O=S(=O)(c1ccccc1)c1ccc(-c2ccc(-c3ccc([N+]([O-])(c4ccc(N(c5ccccc5)c5ccccc5)cc4)c4ccc(N(c5ccccc5)c5ccccc5)cc4)cc3)cc2)cc1. The molecule has 6 nitrogen and oxygen atoms in total. The van der Waals surface area contributed by atoms with Gasteiger partial charge in [-0.2, -0.15) is 0 Å². The minimum absolute atomic E-state index is 0.251. The molecule has 0 N–H and O–H groups in total. The topological polar surface area (TPSA) is 63.7 Å². The standard InChI is InChI=1S/C60H45N3O3S/c64-63(57-40-34-54(35-41-57)61(50-16-6-1-7-17-50)51-18-8-2-9-19-51,58-42-36-55(37-43-58)62(52-20-10-3-11-21-52)53-22-12-4-13-23-53)56-38-30-48(31-39-56)46-26-28-47(29-27-46)49-32-44-60(45-33-49)67(65,66)59-24-14-5-15-25-59/h1-45H. The molecule has 0 amide bonds. The minimum Gasteiger partial charge on any atom is -0.616 e. The second kappa shape index (κ2) is 18.6. The molecule has 0 fully saturated rings. The molecule has 67 heavy (non-hydrogen) atoms. The molecule has 0 saturated heterocycles. The number of anilines is 6. The van der Waals surface area contributed by atoms with E-state index in [0.29, 0.717) is 17.1 Å². The first-order chi connectivity index (χ1) is 32.9. The van der Waals surface area contributed by atoms with Crippen LogP contribution in [0.3, 0.4) is 0 Å². The van der Waals surface area contributed by atoms with Gasteiger partial charge in [-0.1, -0.05) is 127 Å². The number of hydrogen-bond donors (Lipinski definition) is 0. The van der Waals surface area contributed by atoms with Crippen LogP contribution in [0.4, 0.5) is 51.2 Å². The van der Waals surface area contributed by atoms with Crippen LogP contribution in [0.1, 0.15) is 0 Å². The molecular formula is C60H45N3O3S. The first-order valence-corrected chi connectivity index (χ1v) is 23.6. The van der Waals surface area contributed by atoms with Crippen LogP contribution in [-0.4, -0.2) is 8.42 Å². The van der Waals surface area contributed by atoms with E-state index in [1.807, 2.05) is 182 Å². The quantitative estimate of drug-likeness (QED) is 0.0852. The average molecular weight is 888 g/mol. The Morgan fingerprint density at radius 2 is 0.493 bits per heavy atom. The van der Waals surface area contributed by atoms with E-state index in [0.717, 1.165) is 56.4 Å². The maximum atomic E-state index is 16.0. The van der Waals surface area contributed by atoms with Crippen LogP contribution in [0.15, 0.2) is 283 Å². The molecular weight excluding hydrogens is 843 g/mol. The summed E-state index contributed by atoms with van der Waals surface area (Å²) in [5.74, 6) is 0. The Morgan fingerprint density at radius 1 is 0.269 bits per heavy atom. The molecule has 0 saturated carbocycles. The molecule has 10 rings (SSSR count). The maximum absolute atomic E-state index is 16.0. The second-order valence-electron chi connectivity index (χ2n) is 16.1. The lowest BCUT2D eigenvalue weighted by molar-refractivity contribution is 0.596. The molecule has 0 radical (unpaired) electrons. The Balaban J connectivity index is 0.991. The average Bonchev–Trinajstić information content (AvgIpc) is 3.41. The van der Waals surface area contributed by atoms with Crippen molar-refractivity contribution in [3.63, 3.8) is 0 Å². The van der Waals surface area contributed by atoms with Gasteiger partial charge < -0.3 is 15.0 Å². The molecule has 10 aromatic carbocycles. The van der Waals surface area contributed by atoms with Crippen LogP contribution < -0.4 is 14.4 Å². The smallest absolute Gasteiger partial charge is 0.206 e. The third kappa shape index (κ3) is 8.66. The van der Waals surface area contributed by atoms with Gasteiger partial charge in [0.2, 0.25) is 9.84 Å². The highest BCUT2D eigenvalue weighted by molar-refractivity contribution is 7.91. The fourth-order valence-electron chi connectivity index (χ4n) is 8.55. The lowest BCUT2D eigenvalue weighted by Gasteiger charge is -2.41. The highest BCUT2D eigenvalue weighted by Crippen LogP contribution is 2.46. The Labute approximate surface area is 392 Å². The molecule has 0 aliphatic rings. The van der Waals surface area contributed by atoms with E-state index >= 15 is 5.21 Å². The number of hydrogen-bond acceptors (Lipinski definition) is 5. The Kier molecular flexibility index (Phi) is 11.9. The number of sulfone groups is 1. The number of quaternary nitrogens is 1. The molecule has 0 bridgehead atoms. The summed E-state index contributed by atoms with van der Waals surface area (Å²) in [7, 11) is -3.61. The predicted octanol–water partition coefficient (Wildman–Crippen LogP) is 16.3. The number of para-hydroxylation sites is 4. The van der Waals surface area contributed by atoms with Gasteiger partial charge in [-0.3, -0.25) is 4.65 Å². The third-order valence-electron chi connectivity index (χ3n) is 12.0. The highest BCUT2D eigenvalue weighted by Gasteiger charge is 2.29. The molecule has 7 heteroatoms. The first kappa shape index (κ1) is 42.6. The van der Waals surface area contributed by atoms with Crippen LogP contribution in [-0.2, 0) is 9.84 Å². The van der Waals surface area contributed by atoms with E-state index in [9.17, 15) is 8.42 Å². The van der Waals surface area contributed by atoms with Crippen molar-refractivity contribution in [2.75, 3.05) is 9.80 Å². The fourth-order valence-corrected chi connectivity index (χ4v) is 9.84. The zero-order chi connectivity index (χ0) is 45.6. The largest absolute Gasteiger partial charge is 0.616 e. The Morgan fingerprint density at radius 3 is 0.806 bits per heavy atom. The van der Waals surface area contributed by atoms with E-state index in [4.69, 9.17) is 0 Å². The zero-order valence-corrected chi connectivity index (χ0v) is 37.3. The number of rotatable bonds is 13. The number of benzene rings is 10. The summed E-state index contributed by atoms with van der Waals surface area (Å²) in [6.07, 6.45) is 0. The Bertz CT molecular complexity index is 3100. The summed E-state index contributed by atoms with van der Waals surface area (Å²) in [6.45, 7) is 0. The molecule has 0 atom stereocenters. The summed E-state index contributed by atoms with van der Waals surface area (Å²) < 4.78 is 25.5. The molecule has 324 valence electrons. The van der Waals surface area contributed by atoms with E-state index in [2.05, 4.69) is 58.3 Å². The highest BCUT2D eigenvalue weighted by atomic mass is 32.2. The van der Waals surface area contributed by atoms with Gasteiger partial charge in [0.15, 0.2) is 0 Å². The molecule has 0 unspecified atom stereocenters. The van der Waals surface area contributed by atoms with Gasteiger partial charge in [0.05, 0.1) is 9.79 Å². The zero-order valence-electron chi connectivity index (χ0n) is 36.5. The van der Waals surface area contributed by atoms with Gasteiger partial charge in [0.1, 0.15) is 17.1 Å². The molecule has 0 aliphatic carbocycles. The summed E-state index contributed by atoms with van der Waals surface area (Å²) in [5, 5.41) is 16.0. The summed E-state index contributed by atoms with van der Waals surface area (Å²) in [4.78, 5) is 4.89. The minimum atomic E-state index is -3.61. The van der Waals surface area contributed by atoms with Crippen molar-refractivity contribution in [2.45, 2.75) is 9.79 Å². The lowest BCUT2D eigenvalue weighted by atomic mass is 10.00. The van der Waals surface area contributed by atoms with E-state index in [-0.39, 0.29) is 9.79 Å². The van der Waals surface area contributed by atoms with Crippen LogP contribution in [0.2, 0.25) is 0 Å². The fraction of sp³-hybridized carbons (Fsp3) is 0. The van der Waals surface area contributed by atoms with Crippen LogP contribution in [0.5, 0.6) is 0 Å². The number of nitrogens with zero attached hydrogens (tertiary/aromatic N) is 3. The van der Waals surface area contributed by atoms with Crippen molar-refractivity contribution < 1.29 is 8.42 Å². The monoisotopic (exact) mass is 887 g/mol. The summed E-state index contributed by atoms with van der Waals surface area (Å²) in [6, 6.07) is 88.2. The third-order valence-corrected chi connectivity index (χ3v) is 13.8. The maximum Gasteiger partial charge on any atom is 0.206 e. The summed E-state index contributed by atoms with van der Waals surface area (Å²) >= 11 is 0. The van der Waals surface area contributed by atoms with Crippen molar-refractivity contribution in [1.82, 2.24) is 4.65 Å². The predicted molar refractivity (Wildman–Crippen MR) is 276 cm³/mol. The van der Waals surface area contributed by atoms with Crippen molar-refractivity contribution in [2.24, 2.45) is 0 Å². The van der Waals surface area contributed by atoms with E-state index < -0.39 is 14.5 Å². The van der Waals surface area contributed by atoms with Crippen LogP contribution >= 0.6 is 0 Å². The first-order valence-electron chi connectivity index (χ1n) is 22.1. The van der Waals surface area contributed by atoms with Gasteiger partial charge in [-0.05, 0) is 131 Å².